The highest BCUT2D eigenvalue weighted by molar-refractivity contribution is 5.71. The largest absolute Gasteiger partial charge is 0.496 e. The first-order chi connectivity index (χ1) is 8.15. The predicted molar refractivity (Wildman–Crippen MR) is 65.5 cm³/mol. The Morgan fingerprint density at radius 2 is 2.29 bits per heavy atom. The van der Waals surface area contributed by atoms with Gasteiger partial charge >= 0.3 is 5.97 Å². The van der Waals surface area contributed by atoms with E-state index in [4.69, 9.17) is 4.74 Å². The molecule has 0 spiro atoms. The molecule has 2 atom stereocenters. The third-order valence-corrected chi connectivity index (χ3v) is 3.70. The SMILES string of the molecule is COc1cccc2c1C(C(C)C(=O)O)CCC2. The second-order valence-electron chi connectivity index (χ2n) is 4.66. The molecule has 1 aliphatic rings. The molecule has 2 rings (SSSR count). The molecule has 1 N–H and O–H groups in total. The second kappa shape index (κ2) is 4.78. The summed E-state index contributed by atoms with van der Waals surface area (Å²) in [7, 11) is 1.65. The van der Waals surface area contributed by atoms with Crippen LogP contribution in [-0.4, -0.2) is 18.2 Å². The van der Waals surface area contributed by atoms with Crippen LogP contribution in [-0.2, 0) is 11.2 Å². The van der Waals surface area contributed by atoms with E-state index < -0.39 is 5.97 Å². The molecule has 2 unspecified atom stereocenters. The van der Waals surface area contributed by atoms with Crippen molar-refractivity contribution in [2.45, 2.75) is 32.1 Å². The highest BCUT2D eigenvalue weighted by Crippen LogP contribution is 2.41. The first-order valence-electron chi connectivity index (χ1n) is 6.03. The summed E-state index contributed by atoms with van der Waals surface area (Å²) in [4.78, 5) is 11.2. The van der Waals surface area contributed by atoms with Crippen molar-refractivity contribution in [2.24, 2.45) is 5.92 Å². The molecule has 1 aromatic carbocycles. The van der Waals surface area contributed by atoms with E-state index in [1.165, 1.54) is 5.56 Å². The molecular weight excluding hydrogens is 216 g/mol. The minimum Gasteiger partial charge on any atom is -0.496 e. The van der Waals surface area contributed by atoms with Crippen molar-refractivity contribution in [1.82, 2.24) is 0 Å². The molecule has 0 fully saturated rings. The van der Waals surface area contributed by atoms with Crippen LogP contribution in [0.5, 0.6) is 5.75 Å². The molecule has 0 aromatic heterocycles. The van der Waals surface area contributed by atoms with E-state index in [0.29, 0.717) is 0 Å². The number of aliphatic carboxylic acids is 1. The van der Waals surface area contributed by atoms with Gasteiger partial charge in [0, 0.05) is 11.5 Å². The Hall–Kier alpha value is -1.51. The highest BCUT2D eigenvalue weighted by Gasteiger charge is 2.31. The second-order valence-corrected chi connectivity index (χ2v) is 4.66. The standard InChI is InChI=1S/C14H18O3/c1-9(14(15)16)11-7-3-5-10-6-4-8-12(17-2)13(10)11/h4,6,8-9,11H,3,5,7H2,1-2H3,(H,15,16). The number of carboxylic acids is 1. The van der Waals surface area contributed by atoms with E-state index in [9.17, 15) is 9.90 Å². The number of methoxy groups -OCH3 is 1. The lowest BCUT2D eigenvalue weighted by Crippen LogP contribution is -2.23. The molecule has 0 saturated carbocycles. The maximum absolute atomic E-state index is 11.2. The summed E-state index contributed by atoms with van der Waals surface area (Å²) >= 11 is 0. The maximum Gasteiger partial charge on any atom is 0.306 e. The Bertz CT molecular complexity index is 411. The van der Waals surface area contributed by atoms with E-state index in [1.54, 1.807) is 14.0 Å². The van der Waals surface area contributed by atoms with Gasteiger partial charge in [-0.1, -0.05) is 19.1 Å². The molecule has 0 radical (unpaired) electrons. The number of rotatable bonds is 3. The normalized spacial score (nSPS) is 20.5. The van der Waals surface area contributed by atoms with Crippen molar-refractivity contribution in [3.8, 4) is 5.75 Å². The zero-order valence-corrected chi connectivity index (χ0v) is 10.3. The van der Waals surface area contributed by atoms with Gasteiger partial charge in [0.1, 0.15) is 5.75 Å². The van der Waals surface area contributed by atoms with Crippen LogP contribution in [0.25, 0.3) is 0 Å². The van der Waals surface area contributed by atoms with Crippen LogP contribution >= 0.6 is 0 Å². The van der Waals surface area contributed by atoms with Crippen molar-refractivity contribution < 1.29 is 14.6 Å². The number of carbonyl (C=O) groups is 1. The number of carboxylic acid groups (broad SMARTS) is 1. The lowest BCUT2D eigenvalue weighted by molar-refractivity contribution is -0.142. The van der Waals surface area contributed by atoms with Gasteiger partial charge in [-0.2, -0.15) is 0 Å². The van der Waals surface area contributed by atoms with Crippen molar-refractivity contribution in [3.05, 3.63) is 29.3 Å². The van der Waals surface area contributed by atoms with Crippen LogP contribution in [0, 0.1) is 5.92 Å². The minimum atomic E-state index is -0.728. The summed E-state index contributed by atoms with van der Waals surface area (Å²) in [6.45, 7) is 1.79. The van der Waals surface area contributed by atoms with Crippen LogP contribution in [0.3, 0.4) is 0 Å². The lowest BCUT2D eigenvalue weighted by atomic mass is 9.76. The monoisotopic (exact) mass is 234 g/mol. The average molecular weight is 234 g/mol. The first-order valence-corrected chi connectivity index (χ1v) is 6.03. The van der Waals surface area contributed by atoms with Gasteiger partial charge in [0.2, 0.25) is 0 Å². The molecule has 1 aliphatic carbocycles. The lowest BCUT2D eigenvalue weighted by Gasteiger charge is -2.29. The predicted octanol–water partition coefficient (Wildman–Crippen LogP) is 2.84. The van der Waals surface area contributed by atoms with Crippen LogP contribution in [0.1, 0.15) is 36.8 Å². The number of benzene rings is 1. The summed E-state index contributed by atoms with van der Waals surface area (Å²) in [6.07, 6.45) is 3.01. The van der Waals surface area contributed by atoms with Crippen LogP contribution in [0.2, 0.25) is 0 Å². The summed E-state index contributed by atoms with van der Waals surface area (Å²) < 4.78 is 5.38. The fraction of sp³-hybridized carbons (Fsp3) is 0.500. The highest BCUT2D eigenvalue weighted by atomic mass is 16.5. The van der Waals surface area contributed by atoms with Crippen LogP contribution in [0.15, 0.2) is 18.2 Å². The van der Waals surface area contributed by atoms with Crippen molar-refractivity contribution in [1.29, 1.82) is 0 Å². The number of hydrogen-bond donors (Lipinski definition) is 1. The fourth-order valence-electron chi connectivity index (χ4n) is 2.74. The van der Waals surface area contributed by atoms with Crippen LogP contribution < -0.4 is 4.74 Å². The summed E-state index contributed by atoms with van der Waals surface area (Å²) in [5.41, 5.74) is 2.35. The molecular formula is C14H18O3. The number of fused-ring (bicyclic) bond motifs is 1. The average Bonchev–Trinajstić information content (AvgIpc) is 2.36. The van der Waals surface area contributed by atoms with Crippen molar-refractivity contribution in [2.75, 3.05) is 7.11 Å². The smallest absolute Gasteiger partial charge is 0.306 e. The number of ether oxygens (including phenoxy) is 1. The molecule has 0 saturated heterocycles. The summed E-state index contributed by atoms with van der Waals surface area (Å²) in [5, 5.41) is 9.18. The number of hydrogen-bond acceptors (Lipinski definition) is 2. The maximum atomic E-state index is 11.2. The van der Waals surface area contributed by atoms with Gasteiger partial charge in [-0.3, -0.25) is 4.79 Å². The van der Waals surface area contributed by atoms with Crippen LogP contribution in [0.4, 0.5) is 0 Å². The summed E-state index contributed by atoms with van der Waals surface area (Å²) in [6, 6.07) is 5.98. The van der Waals surface area contributed by atoms with E-state index >= 15 is 0 Å². The first kappa shape index (κ1) is 12.0. The minimum absolute atomic E-state index is 0.0763. The van der Waals surface area contributed by atoms with Gasteiger partial charge in [-0.25, -0.2) is 0 Å². The molecule has 0 heterocycles. The molecule has 3 nitrogen and oxygen atoms in total. The van der Waals surface area contributed by atoms with Gasteiger partial charge in [0.05, 0.1) is 13.0 Å². The van der Waals surface area contributed by atoms with E-state index in [-0.39, 0.29) is 11.8 Å². The molecule has 3 heteroatoms. The number of aryl methyl sites for hydroxylation is 1. The molecule has 92 valence electrons. The Balaban J connectivity index is 2.45. The third-order valence-electron chi connectivity index (χ3n) is 3.70. The zero-order chi connectivity index (χ0) is 12.4. The van der Waals surface area contributed by atoms with Gasteiger partial charge in [0.25, 0.3) is 0 Å². The third kappa shape index (κ3) is 2.14. The van der Waals surface area contributed by atoms with Gasteiger partial charge in [-0.15, -0.1) is 0 Å². The van der Waals surface area contributed by atoms with Crippen molar-refractivity contribution >= 4 is 5.97 Å². The topological polar surface area (TPSA) is 46.5 Å². The Labute approximate surface area is 101 Å². The molecule has 1 aromatic rings. The quantitative estimate of drug-likeness (QED) is 0.874. The van der Waals surface area contributed by atoms with Gasteiger partial charge in [-0.05, 0) is 30.9 Å². The Morgan fingerprint density at radius 1 is 1.53 bits per heavy atom. The van der Waals surface area contributed by atoms with Crippen molar-refractivity contribution in [3.63, 3.8) is 0 Å². The van der Waals surface area contributed by atoms with E-state index in [1.807, 2.05) is 12.1 Å². The van der Waals surface area contributed by atoms with Gasteiger partial charge < -0.3 is 9.84 Å². The molecule has 17 heavy (non-hydrogen) atoms. The Morgan fingerprint density at radius 3 is 2.94 bits per heavy atom. The Kier molecular flexibility index (Phi) is 3.36. The molecule has 0 aliphatic heterocycles. The summed E-state index contributed by atoms with van der Waals surface area (Å²) in [5.74, 6) is -0.174. The van der Waals surface area contributed by atoms with E-state index in [2.05, 4.69) is 6.07 Å². The van der Waals surface area contributed by atoms with Gasteiger partial charge in [0.15, 0.2) is 0 Å². The molecule has 0 bridgehead atoms. The van der Waals surface area contributed by atoms with E-state index in [0.717, 1.165) is 30.6 Å². The fourth-order valence-corrected chi connectivity index (χ4v) is 2.74. The molecule has 0 amide bonds. The zero-order valence-electron chi connectivity index (χ0n) is 10.3.